The van der Waals surface area contributed by atoms with Crippen LogP contribution in [0.25, 0.3) is 11.3 Å². The molecule has 26 heavy (non-hydrogen) atoms. The van der Waals surface area contributed by atoms with Crippen molar-refractivity contribution in [3.05, 3.63) is 65.3 Å². The van der Waals surface area contributed by atoms with E-state index < -0.39 is 11.6 Å². The zero-order valence-electron chi connectivity index (χ0n) is 13.3. The number of carbonyl (C=O) groups is 1. The fourth-order valence-electron chi connectivity index (χ4n) is 2.09. The molecule has 0 aliphatic rings. The van der Waals surface area contributed by atoms with Crippen molar-refractivity contribution in [3.8, 4) is 11.3 Å². The van der Waals surface area contributed by atoms with Crippen LogP contribution in [0.4, 0.5) is 18.3 Å². The second-order valence-corrected chi connectivity index (χ2v) is 7.29. The van der Waals surface area contributed by atoms with Gasteiger partial charge in [-0.15, -0.1) is 23.1 Å². The summed E-state index contributed by atoms with van der Waals surface area (Å²) in [5, 5.41) is 4.73. The summed E-state index contributed by atoms with van der Waals surface area (Å²) in [7, 11) is 0. The van der Waals surface area contributed by atoms with Crippen molar-refractivity contribution in [2.45, 2.75) is 11.3 Å². The third kappa shape index (κ3) is 4.86. The van der Waals surface area contributed by atoms with Crippen molar-refractivity contribution >= 4 is 34.1 Å². The smallest absolute Gasteiger partial charge is 0.226 e. The molecule has 1 amide bonds. The van der Waals surface area contributed by atoms with Gasteiger partial charge in [0.1, 0.15) is 5.82 Å². The van der Waals surface area contributed by atoms with E-state index in [9.17, 15) is 18.0 Å². The van der Waals surface area contributed by atoms with Gasteiger partial charge in [0.25, 0.3) is 0 Å². The molecule has 0 unspecified atom stereocenters. The maximum atomic E-state index is 13.3. The van der Waals surface area contributed by atoms with E-state index in [1.807, 2.05) is 0 Å². The average molecular weight is 394 g/mol. The lowest BCUT2D eigenvalue weighted by Crippen LogP contribution is -2.11. The van der Waals surface area contributed by atoms with Gasteiger partial charge in [0.05, 0.1) is 5.69 Å². The summed E-state index contributed by atoms with van der Waals surface area (Å²) in [5.41, 5.74) is 0.900. The minimum absolute atomic E-state index is 0.203. The number of halogens is 3. The van der Waals surface area contributed by atoms with Gasteiger partial charge in [-0.05, 0) is 42.5 Å². The van der Waals surface area contributed by atoms with Crippen molar-refractivity contribution in [1.29, 1.82) is 0 Å². The molecule has 0 saturated heterocycles. The number of thioether (sulfide) groups is 1. The highest BCUT2D eigenvalue weighted by atomic mass is 32.2. The molecule has 1 N–H and O–H groups in total. The van der Waals surface area contributed by atoms with Crippen molar-refractivity contribution in [1.82, 2.24) is 4.98 Å². The van der Waals surface area contributed by atoms with Crippen LogP contribution in [0.3, 0.4) is 0 Å². The van der Waals surface area contributed by atoms with E-state index in [0.29, 0.717) is 22.1 Å². The number of amides is 1. The molecule has 0 aliphatic carbocycles. The van der Waals surface area contributed by atoms with Gasteiger partial charge in [-0.3, -0.25) is 4.79 Å². The Morgan fingerprint density at radius 1 is 1.08 bits per heavy atom. The zero-order valence-corrected chi connectivity index (χ0v) is 15.0. The van der Waals surface area contributed by atoms with Crippen molar-refractivity contribution < 1.29 is 18.0 Å². The highest BCUT2D eigenvalue weighted by Crippen LogP contribution is 2.26. The fourth-order valence-corrected chi connectivity index (χ4v) is 3.68. The number of hydrogen-bond donors (Lipinski definition) is 1. The standard InChI is InChI=1S/C18H13F3N2OS2/c19-12-2-4-13(5-3-12)25-8-7-17(24)23-18-22-16(10-26-18)11-1-6-14(20)15(21)9-11/h1-6,9-10H,7-8H2,(H,22,23,24). The molecule has 0 spiro atoms. The van der Waals surface area contributed by atoms with Gasteiger partial charge in [0.15, 0.2) is 16.8 Å². The Morgan fingerprint density at radius 3 is 2.58 bits per heavy atom. The van der Waals surface area contributed by atoms with Gasteiger partial charge >= 0.3 is 0 Å². The van der Waals surface area contributed by atoms with Gasteiger partial charge in [-0.2, -0.15) is 0 Å². The third-order valence-corrected chi connectivity index (χ3v) is 5.15. The first-order chi connectivity index (χ1) is 12.5. The Hall–Kier alpha value is -2.32. The van der Waals surface area contributed by atoms with Gasteiger partial charge in [-0.25, -0.2) is 18.2 Å². The van der Waals surface area contributed by atoms with E-state index in [4.69, 9.17) is 0 Å². The molecule has 1 heterocycles. The summed E-state index contributed by atoms with van der Waals surface area (Å²) in [6, 6.07) is 9.60. The number of nitrogens with zero attached hydrogens (tertiary/aromatic N) is 1. The fraction of sp³-hybridized carbons (Fsp3) is 0.111. The molecule has 0 fully saturated rings. The van der Waals surface area contributed by atoms with Gasteiger partial charge in [-0.1, -0.05) is 0 Å². The molecule has 8 heteroatoms. The first-order valence-electron chi connectivity index (χ1n) is 7.60. The minimum atomic E-state index is -0.945. The van der Waals surface area contributed by atoms with Crippen LogP contribution in [0, 0.1) is 17.5 Å². The molecule has 134 valence electrons. The normalized spacial score (nSPS) is 10.7. The lowest BCUT2D eigenvalue weighted by Gasteiger charge is -2.02. The molecule has 0 aliphatic heterocycles. The number of carbonyl (C=O) groups excluding carboxylic acids is 1. The molecule has 0 saturated carbocycles. The predicted octanol–water partition coefficient (Wildman–Crippen LogP) is 5.35. The molecule has 0 bridgehead atoms. The monoisotopic (exact) mass is 394 g/mol. The maximum Gasteiger partial charge on any atom is 0.226 e. The van der Waals surface area contributed by atoms with Crippen LogP contribution in [-0.2, 0) is 4.79 Å². The molecular formula is C18H13F3N2OS2. The highest BCUT2D eigenvalue weighted by Gasteiger charge is 2.10. The first kappa shape index (κ1) is 18.5. The second-order valence-electron chi connectivity index (χ2n) is 5.27. The summed E-state index contributed by atoms with van der Waals surface area (Å²) in [6.07, 6.45) is 0.266. The van der Waals surface area contributed by atoms with E-state index in [1.54, 1.807) is 17.5 Å². The molecule has 3 aromatic rings. The van der Waals surface area contributed by atoms with Crippen molar-refractivity contribution in [3.63, 3.8) is 0 Å². The predicted molar refractivity (Wildman–Crippen MR) is 97.8 cm³/mol. The third-order valence-electron chi connectivity index (χ3n) is 3.38. The van der Waals surface area contributed by atoms with Crippen LogP contribution >= 0.6 is 23.1 Å². The number of hydrogen-bond acceptors (Lipinski definition) is 4. The Bertz CT molecular complexity index is 913. The maximum absolute atomic E-state index is 13.3. The Kier molecular flexibility index (Phi) is 5.95. The topological polar surface area (TPSA) is 42.0 Å². The highest BCUT2D eigenvalue weighted by molar-refractivity contribution is 7.99. The van der Waals surface area contributed by atoms with Crippen LogP contribution in [-0.4, -0.2) is 16.6 Å². The molecule has 0 atom stereocenters. The molecule has 1 aromatic heterocycles. The van der Waals surface area contributed by atoms with Crippen LogP contribution in [0.5, 0.6) is 0 Å². The number of nitrogens with one attached hydrogen (secondary N) is 1. The number of aromatic nitrogens is 1. The van der Waals surface area contributed by atoms with Gasteiger partial charge < -0.3 is 5.32 Å². The summed E-state index contributed by atoms with van der Waals surface area (Å²) < 4.78 is 39.1. The number of anilines is 1. The van der Waals surface area contributed by atoms with Gasteiger partial charge in [0.2, 0.25) is 5.91 Å². The summed E-state index contributed by atoms with van der Waals surface area (Å²) in [4.78, 5) is 17.1. The second kappa shape index (κ2) is 8.37. The van der Waals surface area contributed by atoms with E-state index in [0.717, 1.165) is 17.0 Å². The van der Waals surface area contributed by atoms with E-state index in [2.05, 4.69) is 10.3 Å². The Morgan fingerprint density at radius 2 is 1.85 bits per heavy atom. The number of thiazole rings is 1. The van der Waals surface area contributed by atoms with Crippen molar-refractivity contribution in [2.24, 2.45) is 0 Å². The van der Waals surface area contributed by atoms with Crippen LogP contribution in [0.1, 0.15) is 6.42 Å². The van der Waals surface area contributed by atoms with Crippen LogP contribution in [0.15, 0.2) is 52.7 Å². The number of benzene rings is 2. The van der Waals surface area contributed by atoms with E-state index >= 15 is 0 Å². The number of rotatable bonds is 6. The molecule has 2 aromatic carbocycles. The van der Waals surface area contributed by atoms with Crippen molar-refractivity contribution in [2.75, 3.05) is 11.1 Å². The Balaban J connectivity index is 1.52. The average Bonchev–Trinajstić information content (AvgIpc) is 3.07. The summed E-state index contributed by atoms with van der Waals surface area (Å²) >= 11 is 2.66. The summed E-state index contributed by atoms with van der Waals surface area (Å²) in [5.74, 6) is -1.83. The zero-order chi connectivity index (χ0) is 18.5. The van der Waals surface area contributed by atoms with Crippen LogP contribution in [0.2, 0.25) is 0 Å². The minimum Gasteiger partial charge on any atom is -0.302 e. The van der Waals surface area contributed by atoms with Crippen LogP contribution < -0.4 is 5.32 Å². The van der Waals surface area contributed by atoms with E-state index in [1.165, 1.54) is 41.3 Å². The van der Waals surface area contributed by atoms with Gasteiger partial charge in [0, 0.05) is 28.0 Å². The first-order valence-corrected chi connectivity index (χ1v) is 9.47. The molecule has 3 rings (SSSR count). The molecular weight excluding hydrogens is 381 g/mol. The quantitative estimate of drug-likeness (QED) is 0.573. The molecule has 0 radical (unpaired) electrons. The lowest BCUT2D eigenvalue weighted by atomic mass is 10.2. The Labute approximate surface area is 156 Å². The molecule has 3 nitrogen and oxygen atoms in total. The largest absolute Gasteiger partial charge is 0.302 e. The van der Waals surface area contributed by atoms with E-state index in [-0.39, 0.29) is 18.1 Å². The summed E-state index contributed by atoms with van der Waals surface area (Å²) in [6.45, 7) is 0. The SMILES string of the molecule is O=C(CCSc1ccc(F)cc1)Nc1nc(-c2ccc(F)c(F)c2)cs1. The lowest BCUT2D eigenvalue weighted by molar-refractivity contribution is -0.115.